The summed E-state index contributed by atoms with van der Waals surface area (Å²) in [5, 5.41) is 27.8. The number of hydrogen-bond acceptors (Lipinski definition) is 7. The van der Waals surface area contributed by atoms with E-state index >= 15 is 0 Å². The van der Waals surface area contributed by atoms with Gasteiger partial charge in [-0.15, -0.1) is 5.11 Å². The molecule has 0 aliphatic carbocycles. The fraction of sp³-hybridized carbons (Fsp3) is 0.294. The molecule has 2 aromatic rings. The number of nitrogens with zero attached hydrogens (tertiary/aromatic N) is 4. The predicted molar refractivity (Wildman–Crippen MR) is 95.9 cm³/mol. The summed E-state index contributed by atoms with van der Waals surface area (Å²) in [4.78, 5) is 12.6. The molecule has 9 heteroatoms. The molecule has 0 amide bonds. The van der Waals surface area contributed by atoms with Crippen LogP contribution in [0.5, 0.6) is 11.6 Å². The Morgan fingerprint density at radius 1 is 1.35 bits per heavy atom. The van der Waals surface area contributed by atoms with Gasteiger partial charge in [0.05, 0.1) is 31.0 Å². The van der Waals surface area contributed by atoms with E-state index in [1.54, 1.807) is 12.1 Å². The lowest BCUT2D eigenvalue weighted by atomic mass is 10.1. The first-order valence-corrected chi connectivity index (χ1v) is 7.93. The SMILES string of the molecule is COCCn1c(O)c(C#N)c(C)c(N=Nc2ccc(OC)c(Cl)c2)c1=O. The molecular weight excluding hydrogens is 360 g/mol. The fourth-order valence-corrected chi connectivity index (χ4v) is 2.52. The van der Waals surface area contributed by atoms with Crippen LogP contribution >= 0.6 is 11.6 Å². The molecule has 8 nitrogen and oxygen atoms in total. The maximum atomic E-state index is 12.6. The van der Waals surface area contributed by atoms with Crippen molar-refractivity contribution < 1.29 is 14.6 Å². The van der Waals surface area contributed by atoms with Gasteiger partial charge < -0.3 is 14.6 Å². The molecule has 136 valence electrons. The minimum atomic E-state index is -0.570. The lowest BCUT2D eigenvalue weighted by Crippen LogP contribution is -2.23. The molecular formula is C17H17ClN4O4. The minimum Gasteiger partial charge on any atom is -0.495 e. The van der Waals surface area contributed by atoms with Crippen LogP contribution < -0.4 is 10.3 Å². The number of hydrogen-bond donors (Lipinski definition) is 1. The Bertz CT molecular complexity index is 947. The van der Waals surface area contributed by atoms with Crippen molar-refractivity contribution in [1.82, 2.24) is 4.57 Å². The molecule has 0 spiro atoms. The zero-order valence-corrected chi connectivity index (χ0v) is 15.2. The van der Waals surface area contributed by atoms with Crippen LogP contribution in [-0.2, 0) is 11.3 Å². The van der Waals surface area contributed by atoms with Crippen molar-refractivity contribution in [1.29, 1.82) is 5.26 Å². The molecule has 0 saturated heterocycles. The second kappa shape index (κ2) is 8.47. The maximum Gasteiger partial charge on any atom is 0.281 e. The normalized spacial score (nSPS) is 10.9. The van der Waals surface area contributed by atoms with Gasteiger partial charge in [0.15, 0.2) is 5.69 Å². The second-order valence-corrected chi connectivity index (χ2v) is 5.66. The zero-order valence-electron chi connectivity index (χ0n) is 14.5. The molecule has 0 aliphatic heterocycles. The van der Waals surface area contributed by atoms with Crippen LogP contribution in [-0.4, -0.2) is 30.5 Å². The Morgan fingerprint density at radius 2 is 2.08 bits per heavy atom. The molecule has 1 aromatic heterocycles. The molecule has 0 radical (unpaired) electrons. The molecule has 0 fully saturated rings. The third-order valence-electron chi connectivity index (χ3n) is 3.69. The van der Waals surface area contributed by atoms with Gasteiger partial charge in [-0.3, -0.25) is 9.36 Å². The summed E-state index contributed by atoms with van der Waals surface area (Å²) in [6, 6.07) is 6.66. The van der Waals surface area contributed by atoms with Crippen molar-refractivity contribution in [2.24, 2.45) is 10.2 Å². The van der Waals surface area contributed by atoms with Crippen LogP contribution in [0, 0.1) is 18.3 Å². The van der Waals surface area contributed by atoms with Crippen LogP contribution in [0.2, 0.25) is 5.02 Å². The number of ether oxygens (including phenoxy) is 2. The van der Waals surface area contributed by atoms with Gasteiger partial charge in [-0.1, -0.05) is 11.6 Å². The Morgan fingerprint density at radius 3 is 2.65 bits per heavy atom. The van der Waals surface area contributed by atoms with Crippen LogP contribution in [0.1, 0.15) is 11.1 Å². The number of methoxy groups -OCH3 is 2. The summed E-state index contributed by atoms with van der Waals surface area (Å²) in [5.74, 6) is 0.0682. The number of azo groups is 1. The molecule has 1 N–H and O–H groups in total. The fourth-order valence-electron chi connectivity index (χ4n) is 2.27. The van der Waals surface area contributed by atoms with Gasteiger partial charge in [0.1, 0.15) is 17.4 Å². The van der Waals surface area contributed by atoms with E-state index in [1.807, 2.05) is 6.07 Å². The van der Waals surface area contributed by atoms with Crippen molar-refractivity contribution in [2.75, 3.05) is 20.8 Å². The number of rotatable bonds is 6. The van der Waals surface area contributed by atoms with Crippen LogP contribution in [0.4, 0.5) is 11.4 Å². The molecule has 2 rings (SSSR count). The first kappa shape index (κ1) is 19.4. The lowest BCUT2D eigenvalue weighted by Gasteiger charge is -2.12. The van der Waals surface area contributed by atoms with Gasteiger partial charge in [0.2, 0.25) is 5.88 Å². The highest BCUT2D eigenvalue weighted by molar-refractivity contribution is 6.32. The van der Waals surface area contributed by atoms with Crippen molar-refractivity contribution in [3.63, 3.8) is 0 Å². The Kier molecular flexibility index (Phi) is 6.33. The van der Waals surface area contributed by atoms with E-state index in [4.69, 9.17) is 21.1 Å². The molecule has 0 atom stereocenters. The lowest BCUT2D eigenvalue weighted by molar-refractivity contribution is 0.182. The quantitative estimate of drug-likeness (QED) is 0.776. The van der Waals surface area contributed by atoms with Crippen molar-refractivity contribution in [3.8, 4) is 17.7 Å². The van der Waals surface area contributed by atoms with Crippen molar-refractivity contribution in [3.05, 3.63) is 44.7 Å². The highest BCUT2D eigenvalue weighted by Crippen LogP contribution is 2.30. The standard InChI is InChI=1S/C17H17ClN4O4/c1-10-12(9-19)16(23)22(6-7-25-2)17(24)15(10)21-20-11-4-5-14(26-3)13(18)8-11/h4-5,8,23H,6-7H2,1-3H3. The van der Waals surface area contributed by atoms with E-state index in [9.17, 15) is 15.2 Å². The summed E-state index contributed by atoms with van der Waals surface area (Å²) in [6.45, 7) is 1.79. The molecule has 26 heavy (non-hydrogen) atoms. The molecule has 1 heterocycles. The monoisotopic (exact) mass is 376 g/mol. The van der Waals surface area contributed by atoms with Gasteiger partial charge >= 0.3 is 0 Å². The number of halogens is 1. The summed E-state index contributed by atoms with van der Waals surface area (Å²) >= 11 is 6.04. The first-order valence-electron chi connectivity index (χ1n) is 7.55. The second-order valence-electron chi connectivity index (χ2n) is 5.25. The van der Waals surface area contributed by atoms with Crippen molar-refractivity contribution >= 4 is 23.0 Å². The molecule has 1 aromatic carbocycles. The van der Waals surface area contributed by atoms with E-state index in [1.165, 1.54) is 27.2 Å². The van der Waals surface area contributed by atoms with E-state index in [-0.39, 0.29) is 30.0 Å². The summed E-state index contributed by atoms with van der Waals surface area (Å²) < 4.78 is 11.0. The number of nitriles is 1. The maximum absolute atomic E-state index is 12.6. The average molecular weight is 377 g/mol. The van der Waals surface area contributed by atoms with E-state index in [2.05, 4.69) is 10.2 Å². The van der Waals surface area contributed by atoms with Crippen LogP contribution in [0.3, 0.4) is 0 Å². The molecule has 0 bridgehead atoms. The van der Waals surface area contributed by atoms with Gasteiger partial charge in [-0.2, -0.15) is 10.4 Å². The molecule has 0 saturated carbocycles. The molecule has 0 aliphatic rings. The summed E-state index contributed by atoms with van der Waals surface area (Å²) in [6.07, 6.45) is 0. The van der Waals surface area contributed by atoms with Gasteiger partial charge in [-0.05, 0) is 25.1 Å². The third-order valence-corrected chi connectivity index (χ3v) is 3.98. The topological polar surface area (TPSA) is 109 Å². The minimum absolute atomic E-state index is 0.0394. The summed E-state index contributed by atoms with van der Waals surface area (Å²) in [7, 11) is 2.96. The first-order chi connectivity index (χ1) is 12.4. The Labute approximate surface area is 154 Å². The van der Waals surface area contributed by atoms with Gasteiger partial charge in [-0.25, -0.2) is 0 Å². The highest BCUT2D eigenvalue weighted by atomic mass is 35.5. The summed E-state index contributed by atoms with van der Waals surface area (Å²) in [5.41, 5.74) is 0.000804. The largest absolute Gasteiger partial charge is 0.495 e. The number of benzene rings is 1. The Hall–Kier alpha value is -2.89. The number of aromatic nitrogens is 1. The van der Waals surface area contributed by atoms with Crippen LogP contribution in [0.25, 0.3) is 0 Å². The van der Waals surface area contributed by atoms with Gasteiger partial charge in [0, 0.05) is 12.7 Å². The van der Waals surface area contributed by atoms with Crippen LogP contribution in [0.15, 0.2) is 33.2 Å². The Balaban J connectivity index is 2.53. The van der Waals surface area contributed by atoms with E-state index in [0.29, 0.717) is 16.5 Å². The van der Waals surface area contributed by atoms with E-state index in [0.717, 1.165) is 4.57 Å². The highest BCUT2D eigenvalue weighted by Gasteiger charge is 2.19. The molecule has 0 unspecified atom stereocenters. The van der Waals surface area contributed by atoms with E-state index < -0.39 is 11.4 Å². The smallest absolute Gasteiger partial charge is 0.281 e. The zero-order chi connectivity index (χ0) is 19.3. The average Bonchev–Trinajstić information content (AvgIpc) is 2.62. The number of aromatic hydroxyl groups is 1. The van der Waals surface area contributed by atoms with Gasteiger partial charge in [0.25, 0.3) is 5.56 Å². The van der Waals surface area contributed by atoms with Crippen molar-refractivity contribution in [2.45, 2.75) is 13.5 Å². The predicted octanol–water partition coefficient (Wildman–Crippen LogP) is 3.46. The third kappa shape index (κ3) is 3.85. The number of pyridine rings is 1.